The maximum atomic E-state index is 3.89. The van der Waals surface area contributed by atoms with Crippen LogP contribution in [0.2, 0.25) is 13.1 Å². The largest absolute Gasteiger partial charge is 0.329 e. The third-order valence-electron chi connectivity index (χ3n) is 6.78. The third-order valence-corrected chi connectivity index (χ3v) is 10.3. The average molecular weight is 534 g/mol. The Labute approximate surface area is 237 Å². The minimum absolute atomic E-state index is 0. The number of hydrogen-bond donors (Lipinski definition) is 1. The normalized spacial score (nSPS) is 16.4. The van der Waals surface area contributed by atoms with Crippen molar-refractivity contribution in [3.63, 3.8) is 0 Å². The van der Waals surface area contributed by atoms with Gasteiger partial charge in [0.15, 0.2) is 0 Å². The van der Waals surface area contributed by atoms with Gasteiger partial charge < -0.3 is 4.98 Å². The van der Waals surface area contributed by atoms with Gasteiger partial charge in [0.05, 0.1) is 0 Å². The summed E-state index contributed by atoms with van der Waals surface area (Å²) in [6.07, 6.45) is 10.6. The Bertz CT molecular complexity index is 1000. The van der Waals surface area contributed by atoms with Crippen LogP contribution in [0.25, 0.3) is 0 Å². The van der Waals surface area contributed by atoms with E-state index in [1.54, 1.807) is 16.3 Å². The fourth-order valence-electron chi connectivity index (χ4n) is 5.17. The second kappa shape index (κ2) is 14.9. The molecule has 1 aliphatic rings. The molecule has 192 valence electrons. The molecule has 1 nitrogen and oxygen atoms in total. The third kappa shape index (κ3) is 10.3. The zero-order valence-corrected chi connectivity index (χ0v) is 26.6. The molecule has 1 unspecified atom stereocenters. The van der Waals surface area contributed by atoms with Crippen LogP contribution in [0, 0.1) is 5.92 Å². The van der Waals surface area contributed by atoms with Crippen molar-refractivity contribution in [2.24, 2.45) is 5.92 Å². The van der Waals surface area contributed by atoms with E-state index in [-0.39, 0.29) is 27.3 Å². The van der Waals surface area contributed by atoms with E-state index in [1.807, 2.05) is 12.1 Å². The summed E-state index contributed by atoms with van der Waals surface area (Å²) in [5.74, 6) is 0.631. The summed E-state index contributed by atoms with van der Waals surface area (Å²) in [7, 11) is -1.53. The van der Waals surface area contributed by atoms with Gasteiger partial charge in [0.1, 0.15) is 8.24 Å². The molecule has 0 saturated heterocycles. The number of nitrogens with one attached hydrogen (secondary N) is 1. The molecule has 0 radical (unpaired) electrons. The molecule has 2 aromatic rings. The van der Waals surface area contributed by atoms with Crippen LogP contribution in [-0.4, -0.2) is 13.8 Å². The van der Waals surface area contributed by atoms with Crippen LogP contribution in [0.5, 0.6) is 0 Å². The van der Waals surface area contributed by atoms with Gasteiger partial charge in [-0.2, -0.15) is 0 Å². The van der Waals surface area contributed by atoms with Gasteiger partial charge in [-0.05, 0) is 77.0 Å². The maximum Gasteiger partial charge on any atom is 0.148 e. The predicted molar refractivity (Wildman–Crippen MR) is 159 cm³/mol. The maximum absolute atomic E-state index is 3.89. The average Bonchev–Trinajstić information content (AvgIpc) is 2.99. The zero-order chi connectivity index (χ0) is 26.1. The smallest absolute Gasteiger partial charge is 0.148 e. The van der Waals surface area contributed by atoms with Gasteiger partial charge in [0.2, 0.25) is 0 Å². The van der Waals surface area contributed by atoms with E-state index in [2.05, 4.69) is 139 Å². The van der Waals surface area contributed by atoms with E-state index < -0.39 is 8.24 Å². The first kappa shape index (κ1) is 32.3. The molecule has 0 saturated carbocycles. The first-order valence-corrected chi connectivity index (χ1v) is 16.0. The quantitative estimate of drug-likeness (QED) is 0.277. The number of hydrogen-bond acceptors (Lipinski definition) is 1. The van der Waals surface area contributed by atoms with E-state index in [0.717, 1.165) is 12.8 Å². The van der Waals surface area contributed by atoms with Crippen molar-refractivity contribution in [3.8, 4) is 0 Å². The van der Waals surface area contributed by atoms with Gasteiger partial charge in [-0.3, -0.25) is 0 Å². The molecule has 36 heavy (non-hydrogen) atoms. The molecule has 0 heterocycles. The molecule has 1 atom stereocenters. The topological polar surface area (TPSA) is 12.0 Å². The molecule has 0 bridgehead atoms. The van der Waals surface area contributed by atoms with Gasteiger partial charge >= 0.3 is 0 Å². The van der Waals surface area contributed by atoms with E-state index >= 15 is 0 Å². The molecule has 0 spiro atoms. The number of benzene rings is 2. The first-order valence-electron chi connectivity index (χ1n) is 13.0. The van der Waals surface area contributed by atoms with Gasteiger partial charge in [-0.15, -0.1) is 0 Å². The minimum Gasteiger partial charge on any atom is -0.329 e. The van der Waals surface area contributed by atoms with Crippen LogP contribution in [-0.2, 0) is 34.6 Å². The summed E-state index contributed by atoms with van der Waals surface area (Å²) in [6, 6.07) is 21.0. The summed E-state index contributed by atoms with van der Waals surface area (Å²) in [4.78, 5) is 3.89. The molecule has 0 aliphatic heterocycles. The Hall–Kier alpha value is -1.71. The second-order valence-electron chi connectivity index (χ2n) is 11.3. The van der Waals surface area contributed by atoms with Gasteiger partial charge in [0.25, 0.3) is 0 Å². The van der Waals surface area contributed by atoms with Crippen molar-refractivity contribution >= 4 is 8.24 Å². The van der Waals surface area contributed by atoms with Crippen LogP contribution >= 0.6 is 0 Å². The molecule has 0 amide bonds. The Morgan fingerprint density at radius 3 is 1.50 bits per heavy atom. The van der Waals surface area contributed by atoms with E-state index in [1.165, 1.54) is 16.7 Å². The summed E-state index contributed by atoms with van der Waals surface area (Å²) in [6.45, 7) is 20.9. The first-order chi connectivity index (χ1) is 16.4. The van der Waals surface area contributed by atoms with E-state index in [9.17, 15) is 0 Å². The van der Waals surface area contributed by atoms with E-state index in [0.29, 0.717) is 5.92 Å². The van der Waals surface area contributed by atoms with Crippen LogP contribution < -0.4 is 4.98 Å². The summed E-state index contributed by atoms with van der Waals surface area (Å²) in [5.41, 5.74) is 7.53. The van der Waals surface area contributed by atoms with Crippen molar-refractivity contribution in [2.75, 3.05) is 0 Å². The molecular formula is C33H47NSiTi. The van der Waals surface area contributed by atoms with Crippen LogP contribution in [0.3, 0.4) is 0 Å². The molecule has 0 fully saturated rings. The summed E-state index contributed by atoms with van der Waals surface area (Å²) in [5, 5.41) is 1.70. The predicted octanol–water partition coefficient (Wildman–Crippen LogP) is 9.00. The molecular weight excluding hydrogens is 486 g/mol. The standard InChI is InChI=1S/C18H18.C15H29NSi.Ti/c1(5-11-17-13-7-3-8-14-17)2-6-12-18-15-9-4-10-16-18;1-10-11(2)13(4)14(12(10)3)17(8,9)16-15(5,6)7;/h1-10,13-16H,11-12H2;12,16H,1-9H3;/b5-1+,6-2+;;. The van der Waals surface area contributed by atoms with Crippen molar-refractivity contribution in [2.45, 2.75) is 79.9 Å². The van der Waals surface area contributed by atoms with Gasteiger partial charge in [-0.25, -0.2) is 0 Å². The van der Waals surface area contributed by atoms with Gasteiger partial charge in [0, 0.05) is 27.3 Å². The van der Waals surface area contributed by atoms with Crippen molar-refractivity contribution in [1.29, 1.82) is 0 Å². The Balaban J connectivity index is 0.000000351. The summed E-state index contributed by atoms with van der Waals surface area (Å²) >= 11 is 0. The Morgan fingerprint density at radius 2 is 1.17 bits per heavy atom. The molecule has 3 heteroatoms. The number of rotatable bonds is 7. The van der Waals surface area contributed by atoms with Crippen molar-refractivity contribution in [1.82, 2.24) is 4.98 Å². The van der Waals surface area contributed by atoms with Crippen molar-refractivity contribution in [3.05, 3.63) is 118 Å². The number of allylic oxidation sites excluding steroid dienone is 8. The SMILES string of the molecule is C(/C=C/Cc1ccccc1)=C\Cc1ccccc1.CC1=C(C)C(C)C([Si](C)(C)NC(C)(C)C)=C1C.[Ti]. The molecule has 2 aromatic carbocycles. The van der Waals surface area contributed by atoms with Gasteiger partial charge in [-0.1, -0.05) is 121 Å². The summed E-state index contributed by atoms with van der Waals surface area (Å²) < 4.78 is 0. The van der Waals surface area contributed by atoms with E-state index in [4.69, 9.17) is 0 Å². The van der Waals surface area contributed by atoms with Crippen molar-refractivity contribution < 1.29 is 21.7 Å². The second-order valence-corrected chi connectivity index (χ2v) is 15.3. The zero-order valence-electron chi connectivity index (χ0n) is 24.1. The minimum atomic E-state index is -1.53. The fraction of sp³-hybridized carbons (Fsp3) is 0.394. The Morgan fingerprint density at radius 1 is 0.750 bits per heavy atom. The van der Waals surface area contributed by atoms with Crippen LogP contribution in [0.1, 0.15) is 59.6 Å². The molecule has 3 rings (SSSR count). The van der Waals surface area contributed by atoms with Crippen LogP contribution in [0.15, 0.2) is 107 Å². The fourth-order valence-corrected chi connectivity index (χ4v) is 9.61. The molecule has 0 aromatic heterocycles. The van der Waals surface area contributed by atoms with Crippen LogP contribution in [0.4, 0.5) is 0 Å². The monoisotopic (exact) mass is 533 g/mol. The molecule has 1 aliphatic carbocycles. The Kier molecular flexibility index (Phi) is 13.4. The molecule has 1 N–H and O–H groups in total.